The van der Waals surface area contributed by atoms with Crippen molar-refractivity contribution in [3.05, 3.63) is 83.6 Å². The Balaban J connectivity index is 2.78. The van der Waals surface area contributed by atoms with Crippen molar-refractivity contribution in [3.8, 4) is 12.1 Å². The Labute approximate surface area is 137 Å². The van der Waals surface area contributed by atoms with Crippen molar-refractivity contribution in [2.45, 2.75) is 0 Å². The molecule has 0 heterocycles. The van der Waals surface area contributed by atoms with Gasteiger partial charge in [-0.15, -0.1) is 0 Å². The van der Waals surface area contributed by atoms with E-state index in [0.29, 0.717) is 5.57 Å². The van der Waals surface area contributed by atoms with Gasteiger partial charge in [0.25, 0.3) is 0 Å². The van der Waals surface area contributed by atoms with E-state index in [0.717, 1.165) is 16.7 Å². The molecular formula is C20H17N3. The van der Waals surface area contributed by atoms with Crippen LogP contribution in [0.1, 0.15) is 11.1 Å². The Hall–Kier alpha value is -3.30. The summed E-state index contributed by atoms with van der Waals surface area (Å²) in [6.07, 6.45) is 1.94. The van der Waals surface area contributed by atoms with E-state index in [1.165, 1.54) is 0 Å². The van der Waals surface area contributed by atoms with Crippen molar-refractivity contribution >= 4 is 11.1 Å². The molecule has 0 aliphatic rings. The average molecular weight is 299 g/mol. The summed E-state index contributed by atoms with van der Waals surface area (Å²) in [7, 11) is 3.84. The molecule has 0 saturated carbocycles. The second kappa shape index (κ2) is 7.64. The van der Waals surface area contributed by atoms with Crippen LogP contribution in [0.2, 0.25) is 0 Å². The second-order valence-electron chi connectivity index (χ2n) is 5.21. The molecule has 2 aromatic rings. The van der Waals surface area contributed by atoms with Crippen molar-refractivity contribution in [2.24, 2.45) is 0 Å². The maximum atomic E-state index is 9.42. The Morgan fingerprint density at radius 2 is 1.30 bits per heavy atom. The summed E-state index contributed by atoms with van der Waals surface area (Å²) in [6.45, 7) is 0. The first-order valence-electron chi connectivity index (χ1n) is 7.21. The van der Waals surface area contributed by atoms with Crippen molar-refractivity contribution in [3.63, 3.8) is 0 Å². The first-order chi connectivity index (χ1) is 11.2. The summed E-state index contributed by atoms with van der Waals surface area (Å²) in [5.41, 5.74) is 3.41. The van der Waals surface area contributed by atoms with Gasteiger partial charge in [-0.2, -0.15) is 10.5 Å². The van der Waals surface area contributed by atoms with Crippen LogP contribution in [0.5, 0.6) is 0 Å². The highest BCUT2D eigenvalue weighted by Gasteiger charge is 2.16. The van der Waals surface area contributed by atoms with Crippen molar-refractivity contribution in [1.82, 2.24) is 4.90 Å². The van der Waals surface area contributed by atoms with Crippen LogP contribution in [-0.4, -0.2) is 19.0 Å². The zero-order chi connectivity index (χ0) is 16.7. The van der Waals surface area contributed by atoms with Gasteiger partial charge < -0.3 is 4.90 Å². The summed E-state index contributed by atoms with van der Waals surface area (Å²) in [6, 6.07) is 23.4. The zero-order valence-electron chi connectivity index (χ0n) is 13.2. The molecule has 0 bridgehead atoms. The normalized spacial score (nSPS) is 10.3. The van der Waals surface area contributed by atoms with Crippen LogP contribution < -0.4 is 0 Å². The minimum atomic E-state index is 0.105. The first-order valence-corrected chi connectivity index (χ1v) is 7.21. The quantitative estimate of drug-likeness (QED) is 0.631. The van der Waals surface area contributed by atoms with Gasteiger partial charge in [0.2, 0.25) is 0 Å². The highest BCUT2D eigenvalue weighted by atomic mass is 15.0. The lowest BCUT2D eigenvalue weighted by Crippen LogP contribution is -2.05. The van der Waals surface area contributed by atoms with Gasteiger partial charge in [-0.1, -0.05) is 60.7 Å². The molecule has 0 amide bonds. The monoisotopic (exact) mass is 299 g/mol. The van der Waals surface area contributed by atoms with Gasteiger partial charge in [0.15, 0.2) is 0 Å². The van der Waals surface area contributed by atoms with Gasteiger partial charge in [-0.3, -0.25) is 0 Å². The summed E-state index contributed by atoms with van der Waals surface area (Å²) >= 11 is 0. The van der Waals surface area contributed by atoms with Crippen LogP contribution >= 0.6 is 0 Å². The summed E-state index contributed by atoms with van der Waals surface area (Å²) in [5, 5.41) is 18.8. The van der Waals surface area contributed by atoms with Crippen LogP contribution in [0.25, 0.3) is 11.1 Å². The lowest BCUT2D eigenvalue weighted by molar-refractivity contribution is 0.566. The molecule has 0 spiro atoms. The highest BCUT2D eigenvalue weighted by molar-refractivity contribution is 6.08. The SMILES string of the molecule is CN(C)/C=C(/C(=C(C#N)C#N)c1ccccc1)c1ccccc1. The second-order valence-corrected chi connectivity index (χ2v) is 5.21. The molecule has 3 nitrogen and oxygen atoms in total. The van der Waals surface area contributed by atoms with E-state index in [-0.39, 0.29) is 5.57 Å². The summed E-state index contributed by atoms with van der Waals surface area (Å²) < 4.78 is 0. The number of benzene rings is 2. The summed E-state index contributed by atoms with van der Waals surface area (Å²) in [4.78, 5) is 1.91. The lowest BCUT2D eigenvalue weighted by atomic mass is 9.89. The van der Waals surface area contributed by atoms with E-state index in [1.807, 2.05) is 98.0 Å². The molecule has 0 aliphatic carbocycles. The molecule has 0 N–H and O–H groups in total. The van der Waals surface area contributed by atoms with Gasteiger partial charge >= 0.3 is 0 Å². The van der Waals surface area contributed by atoms with Gasteiger partial charge in [-0.05, 0) is 11.1 Å². The molecule has 0 radical (unpaired) electrons. The molecule has 112 valence electrons. The van der Waals surface area contributed by atoms with E-state index in [9.17, 15) is 10.5 Å². The van der Waals surface area contributed by atoms with Crippen molar-refractivity contribution in [1.29, 1.82) is 10.5 Å². The first kappa shape index (κ1) is 16.1. The number of nitrogens with zero attached hydrogens (tertiary/aromatic N) is 3. The predicted molar refractivity (Wildman–Crippen MR) is 92.7 cm³/mol. The number of hydrogen-bond donors (Lipinski definition) is 0. The Morgan fingerprint density at radius 3 is 1.74 bits per heavy atom. The van der Waals surface area contributed by atoms with Gasteiger partial charge in [0.05, 0.1) is 0 Å². The number of rotatable bonds is 4. The smallest absolute Gasteiger partial charge is 0.138 e. The largest absolute Gasteiger partial charge is 0.383 e. The Bertz CT molecular complexity index is 785. The van der Waals surface area contributed by atoms with Crippen LogP contribution in [0.4, 0.5) is 0 Å². The third-order valence-corrected chi connectivity index (χ3v) is 3.28. The molecule has 0 fully saturated rings. The Kier molecular flexibility index (Phi) is 5.34. The minimum Gasteiger partial charge on any atom is -0.383 e. The molecule has 3 heteroatoms. The molecular weight excluding hydrogens is 282 g/mol. The number of hydrogen-bond acceptors (Lipinski definition) is 3. The fourth-order valence-electron chi connectivity index (χ4n) is 2.34. The van der Waals surface area contributed by atoms with E-state index >= 15 is 0 Å². The molecule has 0 aromatic heterocycles. The van der Waals surface area contributed by atoms with E-state index in [4.69, 9.17) is 0 Å². The fraction of sp³-hybridized carbons (Fsp3) is 0.100. The van der Waals surface area contributed by atoms with Crippen molar-refractivity contribution < 1.29 is 0 Å². The van der Waals surface area contributed by atoms with E-state index in [1.54, 1.807) is 0 Å². The topological polar surface area (TPSA) is 50.8 Å². The van der Waals surface area contributed by atoms with Gasteiger partial charge in [-0.25, -0.2) is 0 Å². The molecule has 23 heavy (non-hydrogen) atoms. The predicted octanol–water partition coefficient (Wildman–Crippen LogP) is 4.09. The lowest BCUT2D eigenvalue weighted by Gasteiger charge is -2.16. The molecule has 2 rings (SSSR count). The molecule has 0 saturated heterocycles. The van der Waals surface area contributed by atoms with Gasteiger partial charge in [0.1, 0.15) is 17.7 Å². The van der Waals surface area contributed by atoms with Crippen LogP contribution in [0.3, 0.4) is 0 Å². The molecule has 2 aromatic carbocycles. The van der Waals surface area contributed by atoms with Crippen LogP contribution in [0, 0.1) is 22.7 Å². The fourth-order valence-corrected chi connectivity index (χ4v) is 2.34. The average Bonchev–Trinajstić information content (AvgIpc) is 2.59. The number of nitriles is 2. The summed E-state index contributed by atoms with van der Waals surface area (Å²) in [5.74, 6) is 0. The third kappa shape index (κ3) is 3.87. The maximum absolute atomic E-state index is 9.42. The van der Waals surface area contributed by atoms with Crippen molar-refractivity contribution in [2.75, 3.05) is 14.1 Å². The zero-order valence-corrected chi connectivity index (χ0v) is 13.2. The highest BCUT2D eigenvalue weighted by Crippen LogP contribution is 2.33. The number of allylic oxidation sites excluding steroid dienone is 3. The molecule has 0 unspecified atom stereocenters. The van der Waals surface area contributed by atoms with Gasteiger partial charge in [0, 0.05) is 31.4 Å². The maximum Gasteiger partial charge on any atom is 0.138 e. The Morgan fingerprint density at radius 1 is 0.826 bits per heavy atom. The van der Waals surface area contributed by atoms with Crippen LogP contribution in [0.15, 0.2) is 72.4 Å². The standard InChI is InChI=1S/C20H17N3/c1-23(2)15-19(16-9-5-3-6-10-16)20(18(13-21)14-22)17-11-7-4-8-12-17/h3-12,15H,1-2H3/b19-15+. The molecule has 0 aliphatic heterocycles. The molecule has 0 atom stereocenters. The van der Waals surface area contributed by atoms with E-state index < -0.39 is 0 Å². The third-order valence-electron chi connectivity index (χ3n) is 3.28. The minimum absolute atomic E-state index is 0.105. The van der Waals surface area contributed by atoms with Crippen LogP contribution in [-0.2, 0) is 0 Å². The van der Waals surface area contributed by atoms with E-state index in [2.05, 4.69) is 0 Å².